The number of hydrogen-bond acceptors (Lipinski definition) is 5. The standard InChI is InChI=1S/C19H17ClN4O2S/c20-14-6-8-15(9-7-14)26-16-4-1-3-13(11-16)12-21-24-18(22-23-19(24)27)17-5-2-10-25-17/h1,3-4,6-9,11-12,17H,2,5,10H2,(H,23,27)/b21-12-/t17-/m0/s1. The van der Waals surface area contributed by atoms with E-state index in [0.717, 1.165) is 25.0 Å². The molecule has 1 aliphatic heterocycles. The van der Waals surface area contributed by atoms with E-state index in [4.69, 9.17) is 33.3 Å². The first-order valence-corrected chi connectivity index (χ1v) is 9.34. The van der Waals surface area contributed by atoms with Crippen molar-refractivity contribution in [1.82, 2.24) is 14.9 Å². The van der Waals surface area contributed by atoms with Crippen LogP contribution in [-0.4, -0.2) is 27.7 Å². The van der Waals surface area contributed by atoms with Gasteiger partial charge in [0, 0.05) is 11.6 Å². The zero-order chi connectivity index (χ0) is 18.6. The summed E-state index contributed by atoms with van der Waals surface area (Å²) in [5.74, 6) is 2.12. The van der Waals surface area contributed by atoms with E-state index in [1.807, 2.05) is 36.4 Å². The van der Waals surface area contributed by atoms with Gasteiger partial charge in [-0.3, -0.25) is 5.10 Å². The fraction of sp³-hybridized carbons (Fsp3) is 0.211. The molecule has 4 rings (SSSR count). The highest BCUT2D eigenvalue weighted by Crippen LogP contribution is 2.27. The second-order valence-electron chi connectivity index (χ2n) is 6.07. The van der Waals surface area contributed by atoms with E-state index in [0.29, 0.717) is 27.1 Å². The molecule has 1 atom stereocenters. The van der Waals surface area contributed by atoms with Gasteiger partial charge in [-0.05, 0) is 67.0 Å². The van der Waals surface area contributed by atoms with Crippen LogP contribution in [0.2, 0.25) is 5.02 Å². The Bertz CT molecular complexity index is 1010. The summed E-state index contributed by atoms with van der Waals surface area (Å²) in [6.07, 6.45) is 3.57. The molecule has 3 aromatic rings. The number of H-pyrrole nitrogens is 1. The maximum atomic E-state index is 5.90. The van der Waals surface area contributed by atoms with Gasteiger partial charge in [-0.15, -0.1) is 0 Å². The van der Waals surface area contributed by atoms with Crippen LogP contribution in [-0.2, 0) is 4.74 Å². The number of nitrogens with zero attached hydrogens (tertiary/aromatic N) is 3. The first kappa shape index (κ1) is 17.9. The maximum Gasteiger partial charge on any atom is 0.216 e. The minimum absolute atomic E-state index is 0.0744. The molecule has 138 valence electrons. The largest absolute Gasteiger partial charge is 0.457 e. The van der Waals surface area contributed by atoms with Gasteiger partial charge in [0.05, 0.1) is 6.21 Å². The van der Waals surface area contributed by atoms with Crippen molar-refractivity contribution in [2.75, 3.05) is 6.61 Å². The molecule has 0 radical (unpaired) electrons. The quantitative estimate of drug-likeness (QED) is 0.477. The van der Waals surface area contributed by atoms with Crippen LogP contribution in [0.1, 0.15) is 30.3 Å². The highest BCUT2D eigenvalue weighted by Gasteiger charge is 2.23. The molecule has 1 fully saturated rings. The van der Waals surface area contributed by atoms with Gasteiger partial charge < -0.3 is 9.47 Å². The number of halogens is 1. The van der Waals surface area contributed by atoms with Crippen molar-refractivity contribution in [2.45, 2.75) is 18.9 Å². The second kappa shape index (κ2) is 8.04. The summed E-state index contributed by atoms with van der Waals surface area (Å²) in [7, 11) is 0. The maximum absolute atomic E-state index is 5.90. The average Bonchev–Trinajstić information content (AvgIpc) is 3.32. The molecule has 0 bridgehead atoms. The van der Waals surface area contributed by atoms with E-state index in [1.165, 1.54) is 0 Å². The SMILES string of the molecule is S=c1[nH]nc([C@@H]2CCCO2)n1/N=C\c1cccc(Oc2ccc(Cl)cc2)c1. The third-order valence-electron chi connectivity index (χ3n) is 4.12. The van der Waals surface area contributed by atoms with E-state index in [-0.39, 0.29) is 6.10 Å². The number of aromatic nitrogens is 3. The van der Waals surface area contributed by atoms with Gasteiger partial charge in [-0.25, -0.2) is 0 Å². The molecule has 0 amide bonds. The lowest BCUT2D eigenvalue weighted by Gasteiger charge is -2.08. The minimum Gasteiger partial charge on any atom is -0.457 e. The highest BCUT2D eigenvalue weighted by molar-refractivity contribution is 7.71. The second-order valence-corrected chi connectivity index (χ2v) is 6.90. The van der Waals surface area contributed by atoms with Gasteiger partial charge in [0.1, 0.15) is 17.6 Å². The summed E-state index contributed by atoms with van der Waals surface area (Å²) in [5.41, 5.74) is 0.878. The van der Waals surface area contributed by atoms with Gasteiger partial charge >= 0.3 is 0 Å². The van der Waals surface area contributed by atoms with Gasteiger partial charge in [0.25, 0.3) is 0 Å². The first-order chi connectivity index (χ1) is 13.2. The van der Waals surface area contributed by atoms with Crippen molar-refractivity contribution in [3.8, 4) is 11.5 Å². The lowest BCUT2D eigenvalue weighted by Crippen LogP contribution is -2.05. The molecule has 1 aromatic heterocycles. The molecular weight excluding hydrogens is 384 g/mol. The van der Waals surface area contributed by atoms with E-state index in [1.54, 1.807) is 23.0 Å². The highest BCUT2D eigenvalue weighted by atomic mass is 35.5. The van der Waals surface area contributed by atoms with E-state index in [2.05, 4.69) is 15.3 Å². The van der Waals surface area contributed by atoms with Crippen LogP contribution in [0.15, 0.2) is 53.6 Å². The Balaban J connectivity index is 1.54. The minimum atomic E-state index is -0.0744. The Morgan fingerprint density at radius 2 is 2.11 bits per heavy atom. The zero-order valence-corrected chi connectivity index (χ0v) is 15.9. The van der Waals surface area contributed by atoms with Gasteiger partial charge in [-0.2, -0.15) is 14.9 Å². The Kier molecular flexibility index (Phi) is 5.33. The fourth-order valence-corrected chi connectivity index (χ4v) is 3.14. The summed E-state index contributed by atoms with van der Waals surface area (Å²) < 4.78 is 13.6. The molecule has 1 aliphatic rings. The number of ether oxygens (including phenoxy) is 2. The average molecular weight is 401 g/mol. The lowest BCUT2D eigenvalue weighted by atomic mass is 10.2. The topological polar surface area (TPSA) is 64.4 Å². The molecule has 0 unspecified atom stereocenters. The van der Waals surface area contributed by atoms with E-state index >= 15 is 0 Å². The molecule has 2 aromatic carbocycles. The summed E-state index contributed by atoms with van der Waals surface area (Å²) in [6.45, 7) is 0.734. The molecule has 8 heteroatoms. The Labute approximate surface area is 166 Å². The normalized spacial score (nSPS) is 16.9. The smallest absolute Gasteiger partial charge is 0.216 e. The summed E-state index contributed by atoms with van der Waals surface area (Å²) in [5, 5.41) is 12.2. The van der Waals surface area contributed by atoms with Crippen LogP contribution >= 0.6 is 23.8 Å². The predicted octanol–water partition coefficient (Wildman–Crippen LogP) is 5.12. The van der Waals surface area contributed by atoms with Crippen LogP contribution in [0, 0.1) is 4.77 Å². The van der Waals surface area contributed by atoms with Crippen LogP contribution in [0.3, 0.4) is 0 Å². The lowest BCUT2D eigenvalue weighted by molar-refractivity contribution is 0.102. The van der Waals surface area contributed by atoms with Crippen LogP contribution < -0.4 is 4.74 Å². The Hall–Kier alpha value is -2.48. The van der Waals surface area contributed by atoms with Crippen LogP contribution in [0.25, 0.3) is 0 Å². The molecule has 27 heavy (non-hydrogen) atoms. The van der Waals surface area contributed by atoms with Crippen molar-refractivity contribution < 1.29 is 9.47 Å². The summed E-state index contributed by atoms with van der Waals surface area (Å²) in [4.78, 5) is 0. The number of aromatic amines is 1. The summed E-state index contributed by atoms with van der Waals surface area (Å²) >= 11 is 11.2. The van der Waals surface area contributed by atoms with Gasteiger partial charge in [0.2, 0.25) is 4.77 Å². The number of benzene rings is 2. The van der Waals surface area contributed by atoms with E-state index < -0.39 is 0 Å². The van der Waals surface area contributed by atoms with Crippen molar-refractivity contribution in [3.63, 3.8) is 0 Å². The van der Waals surface area contributed by atoms with Crippen molar-refractivity contribution in [2.24, 2.45) is 5.10 Å². The van der Waals surface area contributed by atoms with Gasteiger partial charge in [0.15, 0.2) is 5.82 Å². The molecule has 2 heterocycles. The third kappa shape index (κ3) is 4.27. The molecular formula is C19H17ClN4O2S. The number of nitrogens with one attached hydrogen (secondary N) is 1. The zero-order valence-electron chi connectivity index (χ0n) is 14.3. The number of hydrogen-bond donors (Lipinski definition) is 1. The Morgan fingerprint density at radius 1 is 1.26 bits per heavy atom. The molecule has 6 nitrogen and oxygen atoms in total. The van der Waals surface area contributed by atoms with Gasteiger partial charge in [-0.1, -0.05) is 23.7 Å². The van der Waals surface area contributed by atoms with Crippen LogP contribution in [0.4, 0.5) is 0 Å². The third-order valence-corrected chi connectivity index (χ3v) is 4.64. The van der Waals surface area contributed by atoms with Crippen LogP contribution in [0.5, 0.6) is 11.5 Å². The first-order valence-electron chi connectivity index (χ1n) is 8.56. The molecule has 0 aliphatic carbocycles. The molecule has 0 saturated carbocycles. The monoisotopic (exact) mass is 400 g/mol. The predicted molar refractivity (Wildman–Crippen MR) is 106 cm³/mol. The molecule has 0 spiro atoms. The molecule has 1 saturated heterocycles. The van der Waals surface area contributed by atoms with Crippen molar-refractivity contribution >= 4 is 30.0 Å². The fourth-order valence-electron chi connectivity index (χ4n) is 2.83. The Morgan fingerprint density at radius 3 is 2.89 bits per heavy atom. The summed E-state index contributed by atoms with van der Waals surface area (Å²) in [6, 6.07) is 14.8. The van der Waals surface area contributed by atoms with Crippen molar-refractivity contribution in [3.05, 3.63) is 69.7 Å². The van der Waals surface area contributed by atoms with Crippen molar-refractivity contribution in [1.29, 1.82) is 0 Å². The van der Waals surface area contributed by atoms with E-state index in [9.17, 15) is 0 Å². The molecule has 1 N–H and O–H groups in total. The number of rotatable bonds is 5.